The van der Waals surface area contributed by atoms with Crippen molar-refractivity contribution in [1.29, 1.82) is 0 Å². The van der Waals surface area contributed by atoms with Crippen molar-refractivity contribution < 1.29 is 4.39 Å². The van der Waals surface area contributed by atoms with Gasteiger partial charge in [0.1, 0.15) is 5.82 Å². The summed E-state index contributed by atoms with van der Waals surface area (Å²) >= 11 is 1.66. The van der Waals surface area contributed by atoms with Crippen LogP contribution in [0.25, 0.3) is 16.8 Å². The zero-order valence-electron chi connectivity index (χ0n) is 11.9. The summed E-state index contributed by atoms with van der Waals surface area (Å²) in [5, 5.41) is 4.17. The molecule has 0 radical (unpaired) electrons. The van der Waals surface area contributed by atoms with Gasteiger partial charge in [0.25, 0.3) is 5.56 Å². The first kappa shape index (κ1) is 14.5. The zero-order chi connectivity index (χ0) is 15.5. The molecular weight excluding hydrogens is 299 g/mol. The fourth-order valence-electron chi connectivity index (χ4n) is 2.13. The molecule has 0 spiro atoms. The van der Waals surface area contributed by atoms with Gasteiger partial charge in [-0.25, -0.2) is 4.39 Å². The molecule has 22 heavy (non-hydrogen) atoms. The lowest BCUT2D eigenvalue weighted by Crippen LogP contribution is -2.20. The summed E-state index contributed by atoms with van der Waals surface area (Å²) in [7, 11) is 0. The van der Waals surface area contributed by atoms with E-state index in [0.29, 0.717) is 5.69 Å². The average Bonchev–Trinajstić information content (AvgIpc) is 2.56. The van der Waals surface area contributed by atoms with E-state index in [1.54, 1.807) is 18.0 Å². The van der Waals surface area contributed by atoms with Crippen molar-refractivity contribution >= 4 is 11.8 Å². The van der Waals surface area contributed by atoms with Gasteiger partial charge in [-0.15, -0.1) is 11.8 Å². The highest BCUT2D eigenvalue weighted by atomic mass is 32.2. The van der Waals surface area contributed by atoms with E-state index >= 15 is 0 Å². The number of nitrogens with zero attached hydrogens (tertiary/aromatic N) is 2. The van der Waals surface area contributed by atoms with Gasteiger partial charge in [-0.1, -0.05) is 12.1 Å². The first-order valence-corrected chi connectivity index (χ1v) is 7.89. The predicted octanol–water partition coefficient (Wildman–Crippen LogP) is 3.76. The maximum atomic E-state index is 12.9. The van der Waals surface area contributed by atoms with Crippen LogP contribution in [0.5, 0.6) is 0 Å². The summed E-state index contributed by atoms with van der Waals surface area (Å²) in [6.07, 6.45) is 3.65. The molecule has 0 bridgehead atoms. The van der Waals surface area contributed by atoms with Gasteiger partial charge < -0.3 is 0 Å². The molecule has 0 aliphatic carbocycles. The molecule has 0 N–H and O–H groups in total. The molecule has 3 aromatic rings. The maximum Gasteiger partial charge on any atom is 0.272 e. The molecule has 3 nitrogen and oxygen atoms in total. The number of benzene rings is 2. The van der Waals surface area contributed by atoms with Crippen LogP contribution < -0.4 is 5.56 Å². The third kappa shape index (κ3) is 2.94. The first-order valence-electron chi connectivity index (χ1n) is 6.67. The van der Waals surface area contributed by atoms with Crippen molar-refractivity contribution in [3.8, 4) is 16.8 Å². The molecule has 0 atom stereocenters. The SMILES string of the molecule is CSc1ccc(-c2cnn(-c3ccc(F)cc3)c(=O)c2)cc1. The molecule has 0 amide bonds. The molecule has 1 heterocycles. The lowest BCUT2D eigenvalue weighted by molar-refractivity contribution is 0.626. The van der Waals surface area contributed by atoms with Crippen LogP contribution in [0.1, 0.15) is 0 Å². The minimum Gasteiger partial charge on any atom is -0.267 e. The number of aromatic nitrogens is 2. The van der Waals surface area contributed by atoms with E-state index in [0.717, 1.165) is 16.0 Å². The molecule has 2 aromatic carbocycles. The van der Waals surface area contributed by atoms with E-state index in [-0.39, 0.29) is 11.4 Å². The molecule has 0 saturated carbocycles. The maximum absolute atomic E-state index is 12.9. The minimum atomic E-state index is -0.345. The quantitative estimate of drug-likeness (QED) is 0.691. The topological polar surface area (TPSA) is 34.9 Å². The van der Waals surface area contributed by atoms with Crippen LogP contribution >= 0.6 is 11.8 Å². The highest BCUT2D eigenvalue weighted by molar-refractivity contribution is 7.98. The summed E-state index contributed by atoms with van der Waals surface area (Å²) in [5.74, 6) is -0.345. The highest BCUT2D eigenvalue weighted by Crippen LogP contribution is 2.21. The Labute approximate surface area is 131 Å². The van der Waals surface area contributed by atoms with Crippen LogP contribution in [0, 0.1) is 5.82 Å². The van der Waals surface area contributed by atoms with E-state index in [9.17, 15) is 9.18 Å². The Morgan fingerprint density at radius 1 is 1.00 bits per heavy atom. The monoisotopic (exact) mass is 312 g/mol. The molecule has 0 aliphatic heterocycles. The molecule has 3 rings (SSSR count). The number of halogens is 1. The molecule has 5 heteroatoms. The van der Waals surface area contributed by atoms with Gasteiger partial charge in [-0.2, -0.15) is 9.78 Å². The smallest absolute Gasteiger partial charge is 0.267 e. The van der Waals surface area contributed by atoms with Crippen LogP contribution in [0.3, 0.4) is 0 Å². The van der Waals surface area contributed by atoms with Crippen LogP contribution in [-0.2, 0) is 0 Å². The Morgan fingerprint density at radius 3 is 2.27 bits per heavy atom. The van der Waals surface area contributed by atoms with Crippen molar-refractivity contribution in [2.45, 2.75) is 4.90 Å². The Balaban J connectivity index is 1.98. The number of hydrogen-bond donors (Lipinski definition) is 0. The molecular formula is C17H13FN2OS. The van der Waals surface area contributed by atoms with Crippen molar-refractivity contribution in [2.75, 3.05) is 6.26 Å². The number of hydrogen-bond acceptors (Lipinski definition) is 3. The summed E-state index contributed by atoms with van der Waals surface area (Å²) in [4.78, 5) is 13.4. The summed E-state index contributed by atoms with van der Waals surface area (Å²) in [6.45, 7) is 0. The van der Waals surface area contributed by atoms with Crippen LogP contribution in [0.2, 0.25) is 0 Å². The van der Waals surface area contributed by atoms with E-state index in [1.807, 2.05) is 30.5 Å². The largest absolute Gasteiger partial charge is 0.272 e. The summed E-state index contributed by atoms with van der Waals surface area (Å²) in [6, 6.07) is 15.1. The number of rotatable bonds is 3. The van der Waals surface area contributed by atoms with Gasteiger partial charge in [-0.05, 0) is 48.2 Å². The fourth-order valence-corrected chi connectivity index (χ4v) is 2.53. The van der Waals surface area contributed by atoms with Gasteiger partial charge >= 0.3 is 0 Å². The Morgan fingerprint density at radius 2 is 1.68 bits per heavy atom. The van der Waals surface area contributed by atoms with Gasteiger partial charge in [0.05, 0.1) is 11.9 Å². The second-order valence-corrected chi connectivity index (χ2v) is 5.58. The van der Waals surface area contributed by atoms with E-state index < -0.39 is 0 Å². The molecule has 0 aliphatic rings. The van der Waals surface area contributed by atoms with E-state index in [2.05, 4.69) is 5.10 Å². The van der Waals surface area contributed by atoms with Crippen molar-refractivity contribution in [1.82, 2.24) is 9.78 Å². The van der Waals surface area contributed by atoms with Gasteiger partial charge in [0.15, 0.2) is 0 Å². The van der Waals surface area contributed by atoms with Crippen molar-refractivity contribution in [3.63, 3.8) is 0 Å². The second kappa shape index (κ2) is 6.15. The van der Waals surface area contributed by atoms with Crippen molar-refractivity contribution in [2.24, 2.45) is 0 Å². The van der Waals surface area contributed by atoms with E-state index in [4.69, 9.17) is 0 Å². The molecule has 0 saturated heterocycles. The van der Waals surface area contributed by atoms with Crippen LogP contribution in [0.15, 0.2) is 70.5 Å². The van der Waals surface area contributed by atoms with Crippen LogP contribution in [0.4, 0.5) is 4.39 Å². The lowest BCUT2D eigenvalue weighted by Gasteiger charge is -2.06. The normalized spacial score (nSPS) is 10.6. The molecule has 0 fully saturated rings. The molecule has 1 aromatic heterocycles. The van der Waals surface area contributed by atoms with Crippen molar-refractivity contribution in [3.05, 3.63) is 77.0 Å². The molecule has 0 unspecified atom stereocenters. The second-order valence-electron chi connectivity index (χ2n) is 4.70. The van der Waals surface area contributed by atoms with Gasteiger partial charge in [0.2, 0.25) is 0 Å². The minimum absolute atomic E-state index is 0.252. The lowest BCUT2D eigenvalue weighted by atomic mass is 10.1. The average molecular weight is 312 g/mol. The zero-order valence-corrected chi connectivity index (χ0v) is 12.7. The Bertz CT molecular complexity index is 842. The summed E-state index contributed by atoms with van der Waals surface area (Å²) in [5.41, 5.74) is 1.98. The first-order chi connectivity index (χ1) is 10.7. The third-order valence-corrected chi connectivity index (χ3v) is 4.04. The van der Waals surface area contributed by atoms with Gasteiger partial charge in [-0.3, -0.25) is 4.79 Å². The fraction of sp³-hybridized carbons (Fsp3) is 0.0588. The summed E-state index contributed by atoms with van der Waals surface area (Å²) < 4.78 is 14.2. The molecule has 110 valence electrons. The van der Waals surface area contributed by atoms with Crippen LogP contribution in [-0.4, -0.2) is 16.0 Å². The highest BCUT2D eigenvalue weighted by Gasteiger charge is 2.05. The van der Waals surface area contributed by atoms with E-state index in [1.165, 1.54) is 35.0 Å². The Kier molecular flexibility index (Phi) is 4.06. The predicted molar refractivity (Wildman–Crippen MR) is 87.0 cm³/mol. The number of thioether (sulfide) groups is 1. The third-order valence-electron chi connectivity index (χ3n) is 3.29. The van der Waals surface area contributed by atoms with Gasteiger partial charge in [0, 0.05) is 16.5 Å². The Hall–Kier alpha value is -2.40. The standard InChI is InChI=1S/C17H13FN2OS/c1-22-16-8-2-12(3-9-16)13-10-17(21)20(19-11-13)15-6-4-14(18)5-7-15/h2-11H,1H3.